The summed E-state index contributed by atoms with van der Waals surface area (Å²) in [6.45, 7) is 4.87. The number of nitrogens with one attached hydrogen (secondary N) is 3. The number of hydrogen-bond acceptors (Lipinski definition) is 5. The molecule has 0 aromatic rings. The van der Waals surface area contributed by atoms with Crippen LogP contribution in [0.3, 0.4) is 0 Å². The van der Waals surface area contributed by atoms with Gasteiger partial charge in [-0.3, -0.25) is 9.59 Å². The lowest BCUT2D eigenvalue weighted by molar-refractivity contribution is -0.127. The van der Waals surface area contributed by atoms with Crippen LogP contribution in [0.2, 0.25) is 0 Å². The molecule has 3 N–H and O–H groups in total. The maximum atomic E-state index is 12.8. The highest BCUT2D eigenvalue weighted by Gasteiger charge is 2.32. The highest BCUT2D eigenvalue weighted by Crippen LogP contribution is 2.39. The molecule has 2 aliphatic carbocycles. The topological polar surface area (TPSA) is 114 Å². The highest BCUT2D eigenvalue weighted by molar-refractivity contribution is 5.88. The van der Waals surface area contributed by atoms with Crippen LogP contribution in [0.25, 0.3) is 0 Å². The van der Waals surface area contributed by atoms with Crippen molar-refractivity contribution in [1.82, 2.24) is 16.0 Å². The Morgan fingerprint density at radius 2 is 2.06 bits per heavy atom. The van der Waals surface area contributed by atoms with Crippen LogP contribution in [0.5, 0.6) is 0 Å². The van der Waals surface area contributed by atoms with Gasteiger partial charge in [0, 0.05) is 12.5 Å². The number of aldehydes is 1. The van der Waals surface area contributed by atoms with E-state index in [1.807, 2.05) is 13.8 Å². The molecule has 3 amide bonds. The summed E-state index contributed by atoms with van der Waals surface area (Å²) in [6.07, 6.45) is 10.4. The molecule has 8 nitrogen and oxygen atoms in total. The van der Waals surface area contributed by atoms with Crippen LogP contribution in [0.1, 0.15) is 58.8 Å². The molecule has 0 aromatic carbocycles. The van der Waals surface area contributed by atoms with E-state index in [-0.39, 0.29) is 24.2 Å². The molecule has 1 heterocycles. The molecule has 5 unspecified atom stereocenters. The average Bonchev–Trinajstić information content (AvgIpc) is 3.15. The van der Waals surface area contributed by atoms with Gasteiger partial charge >= 0.3 is 6.09 Å². The van der Waals surface area contributed by atoms with E-state index in [1.165, 1.54) is 6.42 Å². The predicted molar refractivity (Wildman–Crippen MR) is 120 cm³/mol. The van der Waals surface area contributed by atoms with E-state index in [4.69, 9.17) is 4.74 Å². The van der Waals surface area contributed by atoms with Gasteiger partial charge in [0.1, 0.15) is 12.3 Å². The molecular weight excluding hydrogens is 410 g/mol. The Morgan fingerprint density at radius 1 is 1.25 bits per heavy atom. The van der Waals surface area contributed by atoms with Crippen LogP contribution in [-0.4, -0.2) is 49.4 Å². The lowest BCUT2D eigenvalue weighted by atomic mass is 9.71. The Hall–Kier alpha value is -2.38. The number of hydrogen-bond donors (Lipinski definition) is 3. The Labute approximate surface area is 190 Å². The summed E-state index contributed by atoms with van der Waals surface area (Å²) in [5.41, 5.74) is 0. The summed E-state index contributed by atoms with van der Waals surface area (Å²) in [5, 5.41) is 8.12. The van der Waals surface area contributed by atoms with Crippen LogP contribution in [0.4, 0.5) is 4.79 Å². The zero-order valence-corrected chi connectivity index (χ0v) is 19.2. The predicted octanol–water partition coefficient (Wildman–Crippen LogP) is 2.33. The molecule has 0 aromatic heterocycles. The first-order chi connectivity index (χ1) is 15.3. The van der Waals surface area contributed by atoms with Crippen molar-refractivity contribution in [2.24, 2.45) is 29.6 Å². The van der Waals surface area contributed by atoms with E-state index in [0.29, 0.717) is 50.0 Å². The van der Waals surface area contributed by atoms with Crippen molar-refractivity contribution in [3.05, 3.63) is 12.2 Å². The van der Waals surface area contributed by atoms with Crippen LogP contribution in [-0.2, 0) is 19.1 Å². The number of allylic oxidation sites excluding steroid dienone is 2. The molecular formula is C24H37N3O5. The minimum atomic E-state index is -0.795. The summed E-state index contributed by atoms with van der Waals surface area (Å²) in [6, 6.07) is -1.56. The van der Waals surface area contributed by atoms with Crippen molar-refractivity contribution in [2.45, 2.75) is 70.9 Å². The van der Waals surface area contributed by atoms with Gasteiger partial charge in [0.15, 0.2) is 0 Å². The van der Waals surface area contributed by atoms with E-state index in [0.717, 1.165) is 19.3 Å². The van der Waals surface area contributed by atoms with Crippen molar-refractivity contribution < 1.29 is 23.9 Å². The van der Waals surface area contributed by atoms with Crippen LogP contribution < -0.4 is 16.0 Å². The van der Waals surface area contributed by atoms with Crippen LogP contribution in [0, 0.1) is 29.6 Å². The van der Waals surface area contributed by atoms with Gasteiger partial charge in [0.2, 0.25) is 11.8 Å². The molecule has 0 radical (unpaired) electrons. The molecule has 8 heteroatoms. The lowest BCUT2D eigenvalue weighted by Gasteiger charge is -2.35. The van der Waals surface area contributed by atoms with Gasteiger partial charge < -0.3 is 25.5 Å². The second-order valence-corrected chi connectivity index (χ2v) is 10.1. The van der Waals surface area contributed by atoms with E-state index < -0.39 is 24.1 Å². The first-order valence-electron chi connectivity index (χ1n) is 12.0. The molecule has 0 spiro atoms. The van der Waals surface area contributed by atoms with E-state index in [1.54, 1.807) is 0 Å². The van der Waals surface area contributed by atoms with Gasteiger partial charge in [-0.05, 0) is 68.6 Å². The van der Waals surface area contributed by atoms with Crippen LogP contribution >= 0.6 is 0 Å². The summed E-state index contributed by atoms with van der Waals surface area (Å²) in [5.74, 6) is 0.974. The average molecular weight is 448 g/mol. The minimum Gasteiger partial charge on any atom is -0.449 e. The van der Waals surface area contributed by atoms with Crippen molar-refractivity contribution in [3.63, 3.8) is 0 Å². The maximum absolute atomic E-state index is 12.8. The molecule has 2 fully saturated rings. The lowest BCUT2D eigenvalue weighted by Crippen LogP contribution is -2.51. The molecule has 1 saturated heterocycles. The Balaban J connectivity index is 1.48. The zero-order valence-electron chi connectivity index (χ0n) is 19.2. The molecule has 32 heavy (non-hydrogen) atoms. The number of carbonyl (C=O) groups excluding carboxylic acids is 4. The Morgan fingerprint density at radius 3 is 2.72 bits per heavy atom. The normalized spacial score (nSPS) is 28.5. The van der Waals surface area contributed by atoms with E-state index in [9.17, 15) is 19.2 Å². The van der Waals surface area contributed by atoms with Gasteiger partial charge in [-0.2, -0.15) is 0 Å². The number of rotatable bonds is 10. The summed E-state index contributed by atoms with van der Waals surface area (Å²) >= 11 is 0. The van der Waals surface area contributed by atoms with Crippen molar-refractivity contribution >= 4 is 24.2 Å². The molecule has 178 valence electrons. The van der Waals surface area contributed by atoms with E-state index in [2.05, 4.69) is 28.1 Å². The van der Waals surface area contributed by atoms with Crippen molar-refractivity contribution in [2.75, 3.05) is 13.2 Å². The largest absolute Gasteiger partial charge is 0.449 e. The molecule has 2 bridgehead atoms. The summed E-state index contributed by atoms with van der Waals surface area (Å²) in [4.78, 5) is 48.6. The monoisotopic (exact) mass is 447 g/mol. The first kappa shape index (κ1) is 24.3. The number of amides is 3. The van der Waals surface area contributed by atoms with Gasteiger partial charge in [-0.15, -0.1) is 0 Å². The van der Waals surface area contributed by atoms with Crippen molar-refractivity contribution in [1.29, 1.82) is 0 Å². The van der Waals surface area contributed by atoms with Gasteiger partial charge in [-0.1, -0.05) is 26.0 Å². The molecule has 3 aliphatic rings. The SMILES string of the molecule is CC(C)C[C@H](NC(=O)OCC1CC2C=CCC(C2)C1)C(=O)NC(C=O)CC1CCNC1=O. The third-order valence-corrected chi connectivity index (χ3v) is 6.78. The third kappa shape index (κ3) is 7.07. The first-order valence-corrected chi connectivity index (χ1v) is 12.0. The molecule has 1 aliphatic heterocycles. The fourth-order valence-electron chi connectivity index (χ4n) is 5.25. The minimum absolute atomic E-state index is 0.0890. The second kappa shape index (κ2) is 11.5. The number of carbonyl (C=O) groups is 4. The summed E-state index contributed by atoms with van der Waals surface area (Å²) in [7, 11) is 0. The highest BCUT2D eigenvalue weighted by atomic mass is 16.5. The maximum Gasteiger partial charge on any atom is 0.407 e. The molecule has 1 saturated carbocycles. The fourth-order valence-corrected chi connectivity index (χ4v) is 5.25. The third-order valence-electron chi connectivity index (χ3n) is 6.78. The smallest absolute Gasteiger partial charge is 0.407 e. The molecule has 3 rings (SSSR count). The fraction of sp³-hybridized carbons (Fsp3) is 0.750. The van der Waals surface area contributed by atoms with Gasteiger partial charge in [0.25, 0.3) is 0 Å². The zero-order chi connectivity index (χ0) is 23.1. The van der Waals surface area contributed by atoms with Gasteiger partial charge in [-0.25, -0.2) is 4.79 Å². The Bertz CT molecular complexity index is 722. The van der Waals surface area contributed by atoms with Gasteiger partial charge in [0.05, 0.1) is 12.6 Å². The quantitative estimate of drug-likeness (QED) is 0.351. The molecule has 6 atom stereocenters. The summed E-state index contributed by atoms with van der Waals surface area (Å²) < 4.78 is 5.49. The second-order valence-electron chi connectivity index (χ2n) is 10.1. The van der Waals surface area contributed by atoms with Crippen LogP contribution in [0.15, 0.2) is 12.2 Å². The number of fused-ring (bicyclic) bond motifs is 2. The van der Waals surface area contributed by atoms with Crippen molar-refractivity contribution in [3.8, 4) is 0 Å². The standard InChI is InChI=1S/C24H37N3O5/c1-15(2)8-21(23(30)26-20(13-28)12-19-6-7-25-22(19)29)27-24(31)32-14-18-10-16-4-3-5-17(9-16)11-18/h3-4,13,15-21H,5-12,14H2,1-2H3,(H,25,29)(H,26,30)(H,27,31)/t16?,17?,18?,19?,20?,21-/m0/s1. The Kier molecular flexibility index (Phi) is 8.70. The number of ether oxygens (including phenoxy) is 1. The van der Waals surface area contributed by atoms with E-state index >= 15 is 0 Å². The number of alkyl carbamates (subject to hydrolysis) is 1.